The average Bonchev–Trinajstić information content (AvgIpc) is 4.01. The minimum atomic E-state index is 0.626. The lowest BCUT2D eigenvalue weighted by atomic mass is 9.99. The Labute approximate surface area is 338 Å². The fourth-order valence-electron chi connectivity index (χ4n) is 8.45. The van der Waals surface area contributed by atoms with Gasteiger partial charge >= 0.3 is 0 Å². The van der Waals surface area contributed by atoms with Crippen molar-refractivity contribution in [1.82, 2.24) is 19.5 Å². The van der Waals surface area contributed by atoms with Crippen LogP contribution in [0, 0.1) is 0 Å². The first kappa shape index (κ1) is 33.1. The quantitative estimate of drug-likeness (QED) is 0.169. The highest BCUT2D eigenvalue weighted by Gasteiger charge is 2.19. The van der Waals surface area contributed by atoms with Crippen LogP contribution in [0.2, 0.25) is 0 Å². The van der Waals surface area contributed by atoms with Gasteiger partial charge in [0.1, 0.15) is 22.5 Å². The monoisotopic (exact) mass is 756 g/mol. The first-order valence-corrected chi connectivity index (χ1v) is 19.7. The number of hydrogen-bond acceptors (Lipinski definition) is 5. The molecule has 12 rings (SSSR count). The van der Waals surface area contributed by atoms with Gasteiger partial charge in [-0.1, -0.05) is 140 Å². The summed E-state index contributed by atoms with van der Waals surface area (Å²) in [7, 11) is 0. The van der Waals surface area contributed by atoms with E-state index in [-0.39, 0.29) is 0 Å². The van der Waals surface area contributed by atoms with Crippen molar-refractivity contribution in [2.24, 2.45) is 0 Å². The molecular weight excluding hydrogens is 725 g/mol. The topological polar surface area (TPSA) is 69.9 Å². The normalized spacial score (nSPS) is 11.7. The van der Waals surface area contributed by atoms with Crippen LogP contribution in [0.4, 0.5) is 0 Å². The summed E-state index contributed by atoms with van der Waals surface area (Å²) in [5.41, 5.74) is 13.6. The van der Waals surface area contributed by atoms with Gasteiger partial charge in [0.05, 0.1) is 16.7 Å². The van der Waals surface area contributed by atoms with Gasteiger partial charge in [0, 0.05) is 44.3 Å². The molecule has 0 saturated heterocycles. The van der Waals surface area contributed by atoms with Gasteiger partial charge in [0.15, 0.2) is 11.4 Å². The van der Waals surface area contributed by atoms with E-state index in [1.54, 1.807) is 0 Å². The second kappa shape index (κ2) is 13.3. The van der Waals surface area contributed by atoms with Crippen molar-refractivity contribution in [2.45, 2.75) is 0 Å². The molecule has 0 atom stereocenters. The molecule has 0 saturated carbocycles. The van der Waals surface area contributed by atoms with Gasteiger partial charge in [-0.05, 0) is 70.8 Å². The predicted octanol–water partition coefficient (Wildman–Crippen LogP) is 13.9. The van der Waals surface area contributed by atoms with Gasteiger partial charge in [-0.2, -0.15) is 0 Å². The zero-order chi connectivity index (χ0) is 38.9. The Kier molecular flexibility index (Phi) is 7.43. The summed E-state index contributed by atoms with van der Waals surface area (Å²) in [6.07, 6.45) is 0. The predicted molar refractivity (Wildman–Crippen MR) is 238 cm³/mol. The molecule has 59 heavy (non-hydrogen) atoms. The Morgan fingerprint density at radius 1 is 0.373 bits per heavy atom. The highest BCUT2D eigenvalue weighted by Crippen LogP contribution is 2.39. The number of hydrogen-bond donors (Lipinski definition) is 0. The molecule has 6 heteroatoms. The second-order valence-corrected chi connectivity index (χ2v) is 14.8. The molecule has 6 nitrogen and oxygen atoms in total. The molecule has 0 radical (unpaired) electrons. The highest BCUT2D eigenvalue weighted by atomic mass is 16.3. The molecule has 0 aliphatic heterocycles. The molecule has 0 N–H and O–H groups in total. The van der Waals surface area contributed by atoms with Crippen molar-refractivity contribution >= 4 is 54.8 Å². The molecule has 0 fully saturated rings. The van der Waals surface area contributed by atoms with Gasteiger partial charge in [-0.15, -0.1) is 0 Å². The number of fused-ring (bicyclic) bond motifs is 7. The van der Waals surface area contributed by atoms with Crippen LogP contribution < -0.4 is 0 Å². The minimum Gasteiger partial charge on any atom is -0.456 e. The number of para-hydroxylation sites is 3. The molecular formula is C53H32N4O2. The molecule has 4 heterocycles. The van der Waals surface area contributed by atoms with E-state index in [1.807, 2.05) is 60.7 Å². The molecule has 0 unspecified atom stereocenters. The van der Waals surface area contributed by atoms with Gasteiger partial charge in [0.25, 0.3) is 0 Å². The molecule has 4 aromatic heterocycles. The lowest BCUT2D eigenvalue weighted by Gasteiger charge is -2.13. The fourth-order valence-corrected chi connectivity index (χ4v) is 8.45. The van der Waals surface area contributed by atoms with Crippen LogP contribution in [0.15, 0.2) is 203 Å². The molecule has 0 amide bonds. The Hall–Kier alpha value is -8.09. The Balaban J connectivity index is 0.938. The van der Waals surface area contributed by atoms with Gasteiger partial charge < -0.3 is 8.83 Å². The molecule has 0 spiro atoms. The van der Waals surface area contributed by atoms with E-state index in [0.29, 0.717) is 11.7 Å². The van der Waals surface area contributed by atoms with Crippen LogP contribution in [0.3, 0.4) is 0 Å². The van der Waals surface area contributed by atoms with Crippen molar-refractivity contribution in [1.29, 1.82) is 0 Å². The largest absolute Gasteiger partial charge is 0.456 e. The maximum Gasteiger partial charge on any atom is 0.227 e. The zero-order valence-corrected chi connectivity index (χ0v) is 31.6. The SMILES string of the molecule is c1ccc(-c2nc3cc(-c4ccc(-c5ccc(-c6nc(-c7cccc8oc9ccccc9c78)cc(-n7c8ccccc8c8ccccc87)n6)cc5)cc4)ccc3o2)cc1. The van der Waals surface area contributed by atoms with E-state index >= 15 is 0 Å². The van der Waals surface area contributed by atoms with Crippen LogP contribution in [0.1, 0.15) is 0 Å². The van der Waals surface area contributed by atoms with E-state index in [4.69, 9.17) is 23.8 Å². The minimum absolute atomic E-state index is 0.626. The Morgan fingerprint density at radius 2 is 0.966 bits per heavy atom. The van der Waals surface area contributed by atoms with Crippen molar-refractivity contribution in [3.63, 3.8) is 0 Å². The van der Waals surface area contributed by atoms with Gasteiger partial charge in [-0.25, -0.2) is 15.0 Å². The fraction of sp³-hybridized carbons (Fsp3) is 0. The average molecular weight is 757 g/mol. The van der Waals surface area contributed by atoms with E-state index in [1.165, 1.54) is 10.8 Å². The van der Waals surface area contributed by atoms with Crippen molar-refractivity contribution in [2.75, 3.05) is 0 Å². The highest BCUT2D eigenvalue weighted by molar-refractivity contribution is 6.12. The summed E-state index contributed by atoms with van der Waals surface area (Å²) < 4.78 is 14.6. The molecule has 8 aromatic carbocycles. The van der Waals surface area contributed by atoms with Crippen LogP contribution in [0.25, 0.3) is 117 Å². The van der Waals surface area contributed by atoms with Crippen LogP contribution in [-0.4, -0.2) is 19.5 Å². The van der Waals surface area contributed by atoms with Crippen molar-refractivity contribution in [3.05, 3.63) is 194 Å². The summed E-state index contributed by atoms with van der Waals surface area (Å²) in [5, 5.41) is 4.46. The maximum atomic E-state index is 6.31. The van der Waals surface area contributed by atoms with Gasteiger partial charge in [0.2, 0.25) is 5.89 Å². The van der Waals surface area contributed by atoms with Crippen LogP contribution >= 0.6 is 0 Å². The third-order valence-electron chi connectivity index (χ3n) is 11.3. The number of nitrogens with zero attached hydrogens (tertiary/aromatic N) is 4. The van der Waals surface area contributed by atoms with E-state index in [2.05, 4.69) is 138 Å². The van der Waals surface area contributed by atoms with Crippen LogP contribution in [0.5, 0.6) is 0 Å². The molecule has 0 aliphatic rings. The number of furan rings is 1. The third kappa shape index (κ3) is 5.53. The molecule has 12 aromatic rings. The van der Waals surface area contributed by atoms with Crippen LogP contribution in [-0.2, 0) is 0 Å². The standard InChI is InChI=1S/C53H32N4O2/c1-2-11-37(12-3-1)53-55-44-31-38(29-30-48(44)59-53)35-23-21-33(22-24-35)34-25-27-36(28-26-34)52-54-43(41-16-10-20-49-51(41)42-15-6-9-19-47(42)58-49)32-50(56-52)57-45-17-7-4-13-39(45)40-14-5-8-18-46(40)57/h1-32H. The summed E-state index contributed by atoms with van der Waals surface area (Å²) in [6.45, 7) is 0. The number of aromatic nitrogens is 4. The van der Waals surface area contributed by atoms with E-state index in [9.17, 15) is 0 Å². The van der Waals surface area contributed by atoms with Crippen molar-refractivity contribution < 1.29 is 8.83 Å². The summed E-state index contributed by atoms with van der Waals surface area (Å²) in [4.78, 5) is 15.4. The second-order valence-electron chi connectivity index (χ2n) is 14.8. The third-order valence-corrected chi connectivity index (χ3v) is 11.3. The first-order chi connectivity index (χ1) is 29.2. The zero-order valence-electron chi connectivity index (χ0n) is 31.6. The molecule has 0 bridgehead atoms. The van der Waals surface area contributed by atoms with Crippen molar-refractivity contribution in [3.8, 4) is 62.2 Å². The Morgan fingerprint density at radius 3 is 1.69 bits per heavy atom. The molecule has 0 aliphatic carbocycles. The summed E-state index contributed by atoms with van der Waals surface area (Å²) >= 11 is 0. The summed E-state index contributed by atoms with van der Waals surface area (Å²) in [5.74, 6) is 2.07. The number of rotatable bonds is 6. The lowest BCUT2D eigenvalue weighted by molar-refractivity contribution is 0.620. The van der Waals surface area contributed by atoms with E-state index < -0.39 is 0 Å². The van der Waals surface area contributed by atoms with Gasteiger partial charge in [-0.3, -0.25) is 4.57 Å². The smallest absolute Gasteiger partial charge is 0.227 e. The molecule has 276 valence electrons. The number of benzene rings is 8. The Bertz CT molecular complexity index is 3490. The maximum absolute atomic E-state index is 6.31. The first-order valence-electron chi connectivity index (χ1n) is 19.7. The van der Waals surface area contributed by atoms with E-state index in [0.717, 1.165) is 94.5 Å². The number of oxazole rings is 1. The summed E-state index contributed by atoms with van der Waals surface area (Å²) in [6, 6.07) is 66.9. The lowest BCUT2D eigenvalue weighted by Crippen LogP contribution is -2.02.